The van der Waals surface area contributed by atoms with Crippen molar-refractivity contribution in [3.05, 3.63) is 63.5 Å². The van der Waals surface area contributed by atoms with E-state index in [-0.39, 0.29) is 11.4 Å². The monoisotopic (exact) mass is 387 g/mol. The highest BCUT2D eigenvalue weighted by Crippen LogP contribution is 2.36. The average Bonchev–Trinajstić information content (AvgIpc) is 2.83. The molecule has 4 nitrogen and oxygen atoms in total. The van der Waals surface area contributed by atoms with Crippen molar-refractivity contribution in [2.75, 3.05) is 5.32 Å². The number of imidazole rings is 1. The second-order valence-corrected chi connectivity index (χ2v) is 6.11. The summed E-state index contributed by atoms with van der Waals surface area (Å²) in [7, 11) is 0. The molecule has 0 unspecified atom stereocenters. The molecule has 0 aliphatic carbocycles. The topological polar surface area (TPSA) is 46.4 Å². The molecule has 3 rings (SSSR count). The first-order valence-electron chi connectivity index (χ1n) is 6.99. The van der Waals surface area contributed by atoms with Gasteiger partial charge in [-0.05, 0) is 37.3 Å². The number of hydrogen-bond donors (Lipinski definition) is 1. The number of rotatable bonds is 2. The molecule has 1 aromatic carbocycles. The minimum absolute atomic E-state index is 0.0295. The SMILES string of the molecule is Cc1nc2ccc(Cl)cn2c1C(=O)Nc1ccc(Cl)c(C(F)(F)F)c1. The van der Waals surface area contributed by atoms with Crippen LogP contribution in [0.5, 0.6) is 0 Å². The predicted octanol–water partition coefficient (Wildman–Crippen LogP) is 5.22. The summed E-state index contributed by atoms with van der Waals surface area (Å²) in [6, 6.07) is 6.42. The Morgan fingerprint density at radius 2 is 1.92 bits per heavy atom. The third-order valence-corrected chi connectivity index (χ3v) is 4.05. The standard InChI is InChI=1S/C16H10Cl2F3N3O/c1-8-14(24-7-9(17)2-5-13(24)22-8)15(25)23-10-3-4-12(18)11(6-10)16(19,20)21/h2-7H,1H3,(H,23,25). The van der Waals surface area contributed by atoms with Crippen LogP contribution < -0.4 is 5.32 Å². The van der Waals surface area contributed by atoms with E-state index in [1.54, 1.807) is 19.1 Å². The molecule has 0 saturated heterocycles. The van der Waals surface area contributed by atoms with E-state index in [9.17, 15) is 18.0 Å². The van der Waals surface area contributed by atoms with E-state index < -0.39 is 22.7 Å². The van der Waals surface area contributed by atoms with Crippen molar-refractivity contribution in [3.63, 3.8) is 0 Å². The molecule has 0 atom stereocenters. The Bertz CT molecular complexity index is 983. The van der Waals surface area contributed by atoms with Crippen molar-refractivity contribution in [2.45, 2.75) is 13.1 Å². The number of carbonyl (C=O) groups excluding carboxylic acids is 1. The molecular weight excluding hydrogens is 378 g/mol. The number of nitrogens with zero attached hydrogens (tertiary/aromatic N) is 2. The predicted molar refractivity (Wildman–Crippen MR) is 89.3 cm³/mol. The maximum absolute atomic E-state index is 12.9. The molecule has 1 amide bonds. The first kappa shape index (κ1) is 17.6. The number of aryl methyl sites for hydroxylation is 1. The number of pyridine rings is 1. The van der Waals surface area contributed by atoms with Crippen molar-refractivity contribution < 1.29 is 18.0 Å². The molecule has 0 saturated carbocycles. The van der Waals surface area contributed by atoms with Crippen LogP contribution in [0.2, 0.25) is 10.0 Å². The Labute approximate surface area is 150 Å². The Morgan fingerprint density at radius 1 is 1.20 bits per heavy atom. The first-order chi connectivity index (χ1) is 11.7. The van der Waals surface area contributed by atoms with Gasteiger partial charge in [-0.3, -0.25) is 9.20 Å². The molecule has 130 valence electrons. The van der Waals surface area contributed by atoms with Gasteiger partial charge in [-0.25, -0.2) is 4.98 Å². The van der Waals surface area contributed by atoms with Crippen molar-refractivity contribution in [2.24, 2.45) is 0 Å². The summed E-state index contributed by atoms with van der Waals surface area (Å²) in [6.07, 6.45) is -3.11. The minimum Gasteiger partial charge on any atom is -0.321 e. The summed E-state index contributed by atoms with van der Waals surface area (Å²) in [4.78, 5) is 16.8. The molecule has 2 heterocycles. The van der Waals surface area contributed by atoms with Gasteiger partial charge < -0.3 is 5.32 Å². The molecule has 0 aliphatic heterocycles. The quantitative estimate of drug-likeness (QED) is 0.654. The molecule has 0 radical (unpaired) electrons. The number of anilines is 1. The average molecular weight is 388 g/mol. The van der Waals surface area contributed by atoms with E-state index >= 15 is 0 Å². The van der Waals surface area contributed by atoms with Gasteiger partial charge in [-0.1, -0.05) is 23.2 Å². The Morgan fingerprint density at radius 3 is 2.60 bits per heavy atom. The number of nitrogens with one attached hydrogen (secondary N) is 1. The molecule has 0 fully saturated rings. The van der Waals surface area contributed by atoms with Crippen molar-refractivity contribution in [3.8, 4) is 0 Å². The van der Waals surface area contributed by atoms with Crippen LogP contribution in [-0.2, 0) is 6.18 Å². The fourth-order valence-corrected chi connectivity index (χ4v) is 2.81. The van der Waals surface area contributed by atoms with Crippen LogP contribution in [0, 0.1) is 6.92 Å². The smallest absolute Gasteiger partial charge is 0.321 e. The summed E-state index contributed by atoms with van der Waals surface area (Å²) in [5.74, 6) is -0.609. The molecule has 1 N–H and O–H groups in total. The number of aromatic nitrogens is 2. The lowest BCUT2D eigenvalue weighted by Gasteiger charge is -2.12. The van der Waals surface area contributed by atoms with Crippen LogP contribution in [0.25, 0.3) is 5.65 Å². The van der Waals surface area contributed by atoms with E-state index in [0.29, 0.717) is 16.4 Å². The van der Waals surface area contributed by atoms with Gasteiger partial charge in [0, 0.05) is 11.9 Å². The highest BCUT2D eigenvalue weighted by Gasteiger charge is 2.33. The zero-order chi connectivity index (χ0) is 18.4. The second kappa shape index (κ2) is 6.24. The highest BCUT2D eigenvalue weighted by atomic mass is 35.5. The van der Waals surface area contributed by atoms with Crippen LogP contribution in [0.1, 0.15) is 21.7 Å². The molecule has 25 heavy (non-hydrogen) atoms. The summed E-state index contributed by atoms with van der Waals surface area (Å²) >= 11 is 11.5. The minimum atomic E-state index is -4.62. The van der Waals surface area contributed by atoms with Crippen molar-refractivity contribution >= 4 is 40.4 Å². The van der Waals surface area contributed by atoms with Gasteiger partial charge >= 0.3 is 6.18 Å². The van der Waals surface area contributed by atoms with Gasteiger partial charge in [-0.15, -0.1) is 0 Å². The molecule has 0 bridgehead atoms. The lowest BCUT2D eigenvalue weighted by Crippen LogP contribution is -2.16. The molecular formula is C16H10Cl2F3N3O. The third kappa shape index (κ3) is 3.43. The van der Waals surface area contributed by atoms with E-state index in [2.05, 4.69) is 10.3 Å². The lowest BCUT2D eigenvalue weighted by molar-refractivity contribution is -0.137. The number of amides is 1. The van der Waals surface area contributed by atoms with Crippen molar-refractivity contribution in [1.29, 1.82) is 0 Å². The molecule has 0 spiro atoms. The van der Waals surface area contributed by atoms with Crippen LogP contribution in [-0.4, -0.2) is 15.3 Å². The molecule has 3 aromatic rings. The van der Waals surface area contributed by atoms with Crippen LogP contribution in [0.3, 0.4) is 0 Å². The fraction of sp³-hybridized carbons (Fsp3) is 0.125. The maximum Gasteiger partial charge on any atom is 0.417 e. The molecule has 9 heteroatoms. The number of fused-ring (bicyclic) bond motifs is 1. The Balaban J connectivity index is 1.99. The number of alkyl halides is 3. The van der Waals surface area contributed by atoms with E-state index in [1.165, 1.54) is 16.7 Å². The van der Waals surface area contributed by atoms with E-state index in [4.69, 9.17) is 23.2 Å². The lowest BCUT2D eigenvalue weighted by atomic mass is 10.2. The Hall–Kier alpha value is -2.25. The Kier molecular flexibility index (Phi) is 4.38. The zero-order valence-corrected chi connectivity index (χ0v) is 14.2. The molecule has 0 aliphatic rings. The van der Waals surface area contributed by atoms with Crippen LogP contribution in [0.15, 0.2) is 36.5 Å². The number of halogens is 5. The first-order valence-corrected chi connectivity index (χ1v) is 7.74. The number of benzene rings is 1. The van der Waals surface area contributed by atoms with Gasteiger partial charge in [0.1, 0.15) is 11.3 Å². The van der Waals surface area contributed by atoms with E-state index in [1.807, 2.05) is 0 Å². The highest BCUT2D eigenvalue weighted by molar-refractivity contribution is 6.31. The van der Waals surface area contributed by atoms with Gasteiger partial charge in [0.15, 0.2) is 0 Å². The second-order valence-electron chi connectivity index (χ2n) is 5.27. The summed E-state index contributed by atoms with van der Waals surface area (Å²) < 4.78 is 40.3. The fourth-order valence-electron chi connectivity index (χ4n) is 2.42. The van der Waals surface area contributed by atoms with Crippen molar-refractivity contribution in [1.82, 2.24) is 9.38 Å². The zero-order valence-electron chi connectivity index (χ0n) is 12.7. The number of hydrogen-bond acceptors (Lipinski definition) is 2. The van der Waals surface area contributed by atoms with Gasteiger partial charge in [0.2, 0.25) is 0 Å². The number of carbonyl (C=O) groups is 1. The van der Waals surface area contributed by atoms with Gasteiger partial charge in [0.25, 0.3) is 5.91 Å². The maximum atomic E-state index is 12.9. The normalized spacial score (nSPS) is 11.8. The van der Waals surface area contributed by atoms with Gasteiger partial charge in [-0.2, -0.15) is 13.2 Å². The summed E-state index contributed by atoms with van der Waals surface area (Å²) in [6.45, 7) is 1.62. The third-order valence-electron chi connectivity index (χ3n) is 3.50. The van der Waals surface area contributed by atoms with Crippen LogP contribution in [0.4, 0.5) is 18.9 Å². The largest absolute Gasteiger partial charge is 0.417 e. The molecule has 2 aromatic heterocycles. The summed E-state index contributed by atoms with van der Waals surface area (Å²) in [5.41, 5.74) is 0.0490. The van der Waals surface area contributed by atoms with E-state index in [0.717, 1.165) is 12.1 Å². The summed E-state index contributed by atoms with van der Waals surface area (Å²) in [5, 5.41) is 2.39. The van der Waals surface area contributed by atoms with Crippen LogP contribution >= 0.6 is 23.2 Å². The van der Waals surface area contributed by atoms with Gasteiger partial charge in [0.05, 0.1) is 21.3 Å².